The molecule has 1 aromatic rings. The first-order valence-corrected chi connectivity index (χ1v) is 8.69. The number of rotatable bonds is 6. The van der Waals surface area contributed by atoms with Crippen molar-refractivity contribution in [2.24, 2.45) is 5.92 Å². The Morgan fingerprint density at radius 1 is 1.17 bits per heavy atom. The predicted octanol–water partition coefficient (Wildman–Crippen LogP) is 4.68. The van der Waals surface area contributed by atoms with E-state index in [1.165, 1.54) is 18.4 Å². The average Bonchev–Trinajstić information content (AvgIpc) is 2.48. The van der Waals surface area contributed by atoms with Crippen LogP contribution in [0.25, 0.3) is 0 Å². The smallest absolute Gasteiger partial charge is 0.123 e. The van der Waals surface area contributed by atoms with Gasteiger partial charge < -0.3 is 10.1 Å². The topological polar surface area (TPSA) is 24.5 Å². The highest BCUT2D eigenvalue weighted by Crippen LogP contribution is 2.35. The molecule has 1 aromatic carbocycles. The zero-order valence-electron chi connectivity index (χ0n) is 14.2. The van der Waals surface area contributed by atoms with E-state index >= 15 is 0 Å². The van der Waals surface area contributed by atoms with Crippen molar-refractivity contribution in [3.63, 3.8) is 0 Å². The number of hydrogen-bond acceptors (Lipinski definition) is 3. The fourth-order valence-electron chi connectivity index (χ4n) is 2.99. The van der Waals surface area contributed by atoms with Crippen molar-refractivity contribution >= 4 is 40.7 Å². The Labute approximate surface area is 161 Å². The lowest BCUT2D eigenvalue weighted by molar-refractivity contribution is 0.157. The Kier molecular flexibility index (Phi) is 11.5. The van der Waals surface area contributed by atoms with E-state index in [1.54, 1.807) is 7.11 Å². The van der Waals surface area contributed by atoms with Gasteiger partial charge in [-0.3, -0.25) is 4.90 Å². The Morgan fingerprint density at radius 2 is 1.83 bits per heavy atom. The van der Waals surface area contributed by atoms with Gasteiger partial charge in [0.05, 0.1) is 7.11 Å². The number of nitrogens with zero attached hydrogens (tertiary/aromatic N) is 1. The molecule has 1 fully saturated rings. The molecule has 0 amide bonds. The summed E-state index contributed by atoms with van der Waals surface area (Å²) in [5, 5.41) is 3.44. The maximum Gasteiger partial charge on any atom is 0.123 e. The minimum Gasteiger partial charge on any atom is -0.496 e. The molecule has 134 valence electrons. The second-order valence-corrected chi connectivity index (χ2v) is 7.07. The monoisotopic (exact) mass is 426 g/mol. The van der Waals surface area contributed by atoms with Crippen LogP contribution in [0.15, 0.2) is 22.7 Å². The van der Waals surface area contributed by atoms with Crippen LogP contribution in [0.2, 0.25) is 0 Å². The minimum absolute atomic E-state index is 0. The van der Waals surface area contributed by atoms with Crippen LogP contribution in [0.1, 0.15) is 38.3 Å². The summed E-state index contributed by atoms with van der Waals surface area (Å²) in [7, 11) is 1.77. The van der Waals surface area contributed by atoms with Crippen LogP contribution < -0.4 is 10.1 Å². The second kappa shape index (κ2) is 11.5. The normalized spacial score (nSPS) is 16.4. The van der Waals surface area contributed by atoms with Crippen LogP contribution in [-0.4, -0.2) is 38.2 Å². The number of nitrogens with one attached hydrogen (secondary N) is 1. The van der Waals surface area contributed by atoms with Gasteiger partial charge in [0.25, 0.3) is 0 Å². The molecule has 2 rings (SSSR count). The van der Waals surface area contributed by atoms with E-state index < -0.39 is 0 Å². The number of hydrogen-bond donors (Lipinski definition) is 1. The highest BCUT2D eigenvalue weighted by molar-refractivity contribution is 9.10. The van der Waals surface area contributed by atoms with E-state index in [9.17, 15) is 0 Å². The summed E-state index contributed by atoms with van der Waals surface area (Å²) in [6.45, 7) is 8.97. The van der Waals surface area contributed by atoms with E-state index in [0.29, 0.717) is 6.04 Å². The first-order valence-electron chi connectivity index (χ1n) is 7.90. The summed E-state index contributed by atoms with van der Waals surface area (Å²) in [5.74, 6) is 1.74. The number of benzene rings is 1. The van der Waals surface area contributed by atoms with Gasteiger partial charge in [-0.05, 0) is 37.0 Å². The van der Waals surface area contributed by atoms with Crippen LogP contribution in [-0.2, 0) is 0 Å². The Bertz CT molecular complexity index is 454. The van der Waals surface area contributed by atoms with Gasteiger partial charge in [0, 0.05) is 42.3 Å². The fourth-order valence-corrected chi connectivity index (χ4v) is 3.36. The van der Waals surface area contributed by atoms with Crippen molar-refractivity contribution in [2.45, 2.75) is 32.7 Å². The average molecular weight is 428 g/mol. The maximum absolute atomic E-state index is 5.62. The summed E-state index contributed by atoms with van der Waals surface area (Å²) >= 11 is 3.61. The van der Waals surface area contributed by atoms with Gasteiger partial charge in [0.1, 0.15) is 5.75 Å². The Hall–Kier alpha value is -0.000000000000000222. The molecule has 1 heterocycles. The fraction of sp³-hybridized carbons (Fsp3) is 0.647. The summed E-state index contributed by atoms with van der Waals surface area (Å²) in [5.41, 5.74) is 1.31. The van der Waals surface area contributed by atoms with Crippen molar-refractivity contribution in [3.8, 4) is 5.75 Å². The van der Waals surface area contributed by atoms with Gasteiger partial charge in [-0.2, -0.15) is 0 Å². The molecule has 1 aliphatic heterocycles. The van der Waals surface area contributed by atoms with Crippen molar-refractivity contribution in [1.82, 2.24) is 10.2 Å². The molecule has 0 saturated carbocycles. The van der Waals surface area contributed by atoms with Crippen molar-refractivity contribution in [2.75, 3.05) is 33.3 Å². The molecule has 1 saturated heterocycles. The van der Waals surface area contributed by atoms with Crippen molar-refractivity contribution in [1.29, 1.82) is 0 Å². The molecule has 0 bridgehead atoms. The van der Waals surface area contributed by atoms with Gasteiger partial charge in [0.2, 0.25) is 0 Å². The van der Waals surface area contributed by atoms with Gasteiger partial charge in [-0.1, -0.05) is 29.8 Å². The largest absolute Gasteiger partial charge is 0.496 e. The number of piperazine rings is 1. The molecule has 6 heteroatoms. The molecule has 0 unspecified atom stereocenters. The Balaban J connectivity index is 0.00000242. The number of halogens is 3. The summed E-state index contributed by atoms with van der Waals surface area (Å²) in [6, 6.07) is 6.80. The highest BCUT2D eigenvalue weighted by atomic mass is 79.9. The molecular formula is C17H29BrCl2N2O. The molecule has 0 aliphatic carbocycles. The maximum atomic E-state index is 5.62. The summed E-state index contributed by atoms with van der Waals surface area (Å²) in [4.78, 5) is 2.60. The van der Waals surface area contributed by atoms with E-state index in [1.807, 2.05) is 0 Å². The van der Waals surface area contributed by atoms with Gasteiger partial charge in [-0.15, -0.1) is 24.8 Å². The third-order valence-corrected chi connectivity index (χ3v) is 4.65. The lowest BCUT2D eigenvalue weighted by atomic mass is 9.95. The number of ether oxygens (including phenoxy) is 1. The molecule has 0 radical (unpaired) electrons. The van der Waals surface area contributed by atoms with Crippen LogP contribution in [0.3, 0.4) is 0 Å². The second-order valence-electron chi connectivity index (χ2n) is 6.16. The predicted molar refractivity (Wildman–Crippen MR) is 106 cm³/mol. The molecule has 1 N–H and O–H groups in total. The van der Waals surface area contributed by atoms with Gasteiger partial charge in [0.15, 0.2) is 0 Å². The van der Waals surface area contributed by atoms with Crippen LogP contribution in [0.5, 0.6) is 5.75 Å². The van der Waals surface area contributed by atoms with Crippen molar-refractivity contribution in [3.05, 3.63) is 28.2 Å². The van der Waals surface area contributed by atoms with Gasteiger partial charge in [-0.25, -0.2) is 0 Å². The quantitative estimate of drug-likeness (QED) is 0.712. The molecule has 1 aliphatic rings. The molecular weight excluding hydrogens is 399 g/mol. The summed E-state index contributed by atoms with van der Waals surface area (Å²) in [6.07, 6.45) is 2.43. The Morgan fingerprint density at radius 3 is 2.39 bits per heavy atom. The van der Waals surface area contributed by atoms with Crippen LogP contribution in [0.4, 0.5) is 0 Å². The van der Waals surface area contributed by atoms with E-state index in [-0.39, 0.29) is 24.8 Å². The van der Waals surface area contributed by atoms with E-state index in [0.717, 1.165) is 42.3 Å². The van der Waals surface area contributed by atoms with Crippen molar-refractivity contribution < 1.29 is 4.74 Å². The highest BCUT2D eigenvalue weighted by Gasteiger charge is 2.25. The number of methoxy groups -OCH3 is 1. The lowest BCUT2D eigenvalue weighted by Crippen LogP contribution is -2.45. The van der Waals surface area contributed by atoms with E-state index in [4.69, 9.17) is 4.74 Å². The van der Waals surface area contributed by atoms with Crippen LogP contribution >= 0.6 is 40.7 Å². The molecule has 23 heavy (non-hydrogen) atoms. The minimum atomic E-state index is 0. The molecule has 0 aromatic heterocycles. The summed E-state index contributed by atoms with van der Waals surface area (Å²) < 4.78 is 6.74. The first-order chi connectivity index (χ1) is 10.1. The third kappa shape index (κ3) is 6.79. The van der Waals surface area contributed by atoms with E-state index in [2.05, 4.69) is 58.2 Å². The standard InChI is InChI=1S/C17H27BrN2O.2ClH/c1-13(2)4-6-16(20-10-8-19-9-11-20)15-12-14(18)5-7-17(15)21-3;;/h5,7,12-13,16,19H,4,6,8-11H2,1-3H3;2*1H/t16-;;/m1../s1. The SMILES string of the molecule is COc1ccc(Br)cc1[C@@H](CCC(C)C)N1CCNCC1.Cl.Cl. The first kappa shape index (κ1) is 23.0. The molecule has 3 nitrogen and oxygen atoms in total. The molecule has 0 spiro atoms. The zero-order chi connectivity index (χ0) is 15.2. The lowest BCUT2D eigenvalue weighted by Gasteiger charge is -2.36. The van der Waals surface area contributed by atoms with Gasteiger partial charge >= 0.3 is 0 Å². The van der Waals surface area contributed by atoms with Crippen LogP contribution in [0, 0.1) is 5.92 Å². The zero-order valence-corrected chi connectivity index (χ0v) is 17.4. The molecule has 1 atom stereocenters. The third-order valence-electron chi connectivity index (χ3n) is 4.16.